The Bertz CT molecular complexity index is 482. The standard InChI is InChI=1S/C14H23N3O3S/c1-5-19-13(18)14(3,4)20-12-11(15-21-16-12)17-8-6-10(2)7-9-17/h10H,5-9H2,1-4H3. The Kier molecular flexibility index (Phi) is 5.03. The fourth-order valence-corrected chi connectivity index (χ4v) is 2.75. The topological polar surface area (TPSA) is 64.5 Å². The van der Waals surface area contributed by atoms with Crippen LogP contribution in [-0.4, -0.2) is 40.0 Å². The van der Waals surface area contributed by atoms with Crippen molar-refractivity contribution in [3.05, 3.63) is 0 Å². The van der Waals surface area contributed by atoms with Crippen LogP contribution in [0.25, 0.3) is 0 Å². The van der Waals surface area contributed by atoms with E-state index in [1.807, 2.05) is 0 Å². The predicted molar refractivity (Wildman–Crippen MR) is 81.9 cm³/mol. The molecule has 0 saturated carbocycles. The van der Waals surface area contributed by atoms with Crippen LogP contribution in [0.2, 0.25) is 0 Å². The number of anilines is 1. The highest BCUT2D eigenvalue weighted by atomic mass is 32.1. The summed E-state index contributed by atoms with van der Waals surface area (Å²) in [6.07, 6.45) is 2.27. The van der Waals surface area contributed by atoms with Gasteiger partial charge in [0, 0.05) is 13.1 Å². The molecule has 1 aromatic heterocycles. The van der Waals surface area contributed by atoms with Crippen molar-refractivity contribution in [2.45, 2.75) is 46.1 Å². The molecule has 118 valence electrons. The number of aromatic nitrogens is 2. The number of nitrogens with zero attached hydrogens (tertiary/aromatic N) is 3. The minimum atomic E-state index is -1.07. The quantitative estimate of drug-likeness (QED) is 0.778. The first-order valence-electron chi connectivity index (χ1n) is 7.37. The number of piperidine rings is 1. The molecule has 0 radical (unpaired) electrons. The van der Waals surface area contributed by atoms with E-state index < -0.39 is 11.6 Å². The molecule has 6 nitrogen and oxygen atoms in total. The van der Waals surface area contributed by atoms with Gasteiger partial charge >= 0.3 is 5.97 Å². The maximum atomic E-state index is 11.9. The van der Waals surface area contributed by atoms with E-state index in [2.05, 4.69) is 20.6 Å². The van der Waals surface area contributed by atoms with Crippen molar-refractivity contribution in [2.24, 2.45) is 5.92 Å². The number of rotatable bonds is 5. The van der Waals surface area contributed by atoms with Gasteiger partial charge in [0.2, 0.25) is 11.4 Å². The number of esters is 1. The molecule has 2 rings (SSSR count). The molecular weight excluding hydrogens is 290 g/mol. The van der Waals surface area contributed by atoms with Crippen LogP contribution in [0.15, 0.2) is 0 Å². The molecule has 0 aliphatic carbocycles. The molecule has 0 spiro atoms. The van der Waals surface area contributed by atoms with Crippen LogP contribution in [0.3, 0.4) is 0 Å². The summed E-state index contributed by atoms with van der Waals surface area (Å²) in [6, 6.07) is 0. The molecular formula is C14H23N3O3S. The van der Waals surface area contributed by atoms with Gasteiger partial charge in [0.25, 0.3) is 5.88 Å². The van der Waals surface area contributed by atoms with E-state index in [9.17, 15) is 4.79 Å². The van der Waals surface area contributed by atoms with Crippen LogP contribution in [0.4, 0.5) is 5.82 Å². The van der Waals surface area contributed by atoms with Crippen LogP contribution in [0, 0.1) is 5.92 Å². The molecule has 1 fully saturated rings. The van der Waals surface area contributed by atoms with Gasteiger partial charge in [-0.2, -0.15) is 4.37 Å². The zero-order valence-electron chi connectivity index (χ0n) is 13.1. The lowest BCUT2D eigenvalue weighted by Crippen LogP contribution is -2.40. The van der Waals surface area contributed by atoms with E-state index in [1.165, 1.54) is 0 Å². The van der Waals surface area contributed by atoms with E-state index in [0.29, 0.717) is 12.5 Å². The highest BCUT2D eigenvalue weighted by molar-refractivity contribution is 6.99. The van der Waals surface area contributed by atoms with Gasteiger partial charge in [-0.25, -0.2) is 4.79 Å². The van der Waals surface area contributed by atoms with E-state index in [4.69, 9.17) is 9.47 Å². The molecule has 0 amide bonds. The third kappa shape index (κ3) is 3.84. The molecule has 1 aliphatic rings. The fraction of sp³-hybridized carbons (Fsp3) is 0.786. The Morgan fingerprint density at radius 2 is 2.05 bits per heavy atom. The summed E-state index contributed by atoms with van der Waals surface area (Å²) < 4.78 is 19.4. The minimum absolute atomic E-state index is 0.331. The van der Waals surface area contributed by atoms with Crippen LogP contribution < -0.4 is 9.64 Å². The van der Waals surface area contributed by atoms with Gasteiger partial charge in [-0.15, -0.1) is 4.37 Å². The Hall–Kier alpha value is -1.37. The number of hydrogen-bond donors (Lipinski definition) is 0. The van der Waals surface area contributed by atoms with Gasteiger partial charge < -0.3 is 14.4 Å². The first-order chi connectivity index (χ1) is 9.94. The lowest BCUT2D eigenvalue weighted by atomic mass is 9.99. The highest BCUT2D eigenvalue weighted by Gasteiger charge is 2.34. The Labute approximate surface area is 129 Å². The van der Waals surface area contributed by atoms with Crippen molar-refractivity contribution in [2.75, 3.05) is 24.6 Å². The summed E-state index contributed by atoms with van der Waals surface area (Å²) >= 11 is 1.11. The van der Waals surface area contributed by atoms with Crippen molar-refractivity contribution in [3.8, 4) is 5.88 Å². The van der Waals surface area contributed by atoms with Gasteiger partial charge in [0.05, 0.1) is 18.3 Å². The maximum absolute atomic E-state index is 11.9. The summed E-state index contributed by atoms with van der Waals surface area (Å²) in [7, 11) is 0. The lowest BCUT2D eigenvalue weighted by molar-refractivity contribution is -0.158. The Morgan fingerprint density at radius 1 is 1.38 bits per heavy atom. The molecule has 2 heterocycles. The largest absolute Gasteiger partial charge is 0.463 e. The number of hydrogen-bond acceptors (Lipinski definition) is 7. The molecule has 1 aromatic rings. The van der Waals surface area contributed by atoms with E-state index in [0.717, 1.165) is 49.4 Å². The monoisotopic (exact) mass is 313 g/mol. The first kappa shape index (κ1) is 16.0. The molecule has 0 aromatic carbocycles. The highest BCUT2D eigenvalue weighted by Crippen LogP contribution is 2.32. The number of ether oxygens (including phenoxy) is 2. The minimum Gasteiger partial charge on any atom is -0.463 e. The SMILES string of the molecule is CCOC(=O)C(C)(C)Oc1nsnc1N1CCC(C)CC1. The van der Waals surface area contributed by atoms with E-state index >= 15 is 0 Å². The average molecular weight is 313 g/mol. The van der Waals surface area contributed by atoms with Crippen molar-refractivity contribution in [1.82, 2.24) is 8.75 Å². The Morgan fingerprint density at radius 3 is 2.67 bits per heavy atom. The van der Waals surface area contributed by atoms with Crippen LogP contribution >= 0.6 is 11.7 Å². The predicted octanol–water partition coefficient (Wildman–Crippen LogP) is 2.49. The third-order valence-corrected chi connectivity index (χ3v) is 4.15. The van der Waals surface area contributed by atoms with Gasteiger partial charge in [-0.3, -0.25) is 0 Å². The lowest BCUT2D eigenvalue weighted by Gasteiger charge is -2.31. The van der Waals surface area contributed by atoms with E-state index in [1.54, 1.807) is 20.8 Å². The molecule has 7 heteroatoms. The second kappa shape index (κ2) is 6.60. The molecule has 1 aliphatic heterocycles. The Balaban J connectivity index is 2.08. The van der Waals surface area contributed by atoms with Crippen molar-refractivity contribution in [1.29, 1.82) is 0 Å². The summed E-state index contributed by atoms with van der Waals surface area (Å²) in [5.74, 6) is 1.52. The maximum Gasteiger partial charge on any atom is 0.349 e. The molecule has 0 unspecified atom stereocenters. The van der Waals surface area contributed by atoms with Gasteiger partial charge in [-0.05, 0) is 39.5 Å². The molecule has 0 bridgehead atoms. The molecule has 21 heavy (non-hydrogen) atoms. The van der Waals surface area contributed by atoms with Crippen LogP contribution in [0.5, 0.6) is 5.88 Å². The van der Waals surface area contributed by atoms with Crippen LogP contribution in [-0.2, 0) is 9.53 Å². The normalized spacial score (nSPS) is 16.9. The van der Waals surface area contributed by atoms with Crippen molar-refractivity contribution >= 4 is 23.5 Å². The first-order valence-corrected chi connectivity index (χ1v) is 8.10. The zero-order chi connectivity index (χ0) is 15.5. The molecule has 0 atom stereocenters. The van der Waals surface area contributed by atoms with Gasteiger partial charge in [-0.1, -0.05) is 6.92 Å². The van der Waals surface area contributed by atoms with Gasteiger partial charge in [0.15, 0.2) is 0 Å². The van der Waals surface area contributed by atoms with Crippen LogP contribution in [0.1, 0.15) is 40.5 Å². The van der Waals surface area contributed by atoms with Crippen molar-refractivity contribution in [3.63, 3.8) is 0 Å². The zero-order valence-corrected chi connectivity index (χ0v) is 13.9. The summed E-state index contributed by atoms with van der Waals surface area (Å²) in [6.45, 7) is 9.64. The average Bonchev–Trinajstić information content (AvgIpc) is 2.87. The van der Waals surface area contributed by atoms with E-state index in [-0.39, 0.29) is 0 Å². The second-order valence-electron chi connectivity index (χ2n) is 5.90. The molecule has 0 N–H and O–H groups in total. The second-order valence-corrected chi connectivity index (χ2v) is 6.42. The number of carbonyl (C=O) groups excluding carboxylic acids is 1. The summed E-state index contributed by atoms with van der Waals surface area (Å²) in [4.78, 5) is 14.1. The summed E-state index contributed by atoms with van der Waals surface area (Å²) in [5, 5.41) is 0. The smallest absolute Gasteiger partial charge is 0.349 e. The third-order valence-electron chi connectivity index (χ3n) is 3.64. The molecule has 1 saturated heterocycles. The summed E-state index contributed by atoms with van der Waals surface area (Å²) in [5.41, 5.74) is -1.07. The van der Waals surface area contributed by atoms with Crippen molar-refractivity contribution < 1.29 is 14.3 Å². The fourth-order valence-electron chi connectivity index (χ4n) is 2.24. The van der Waals surface area contributed by atoms with Gasteiger partial charge in [0.1, 0.15) is 0 Å². The number of carbonyl (C=O) groups is 1.